The van der Waals surface area contributed by atoms with E-state index in [1.165, 1.54) is 84.5 Å². The zero-order chi connectivity index (χ0) is 19.4. The molecule has 0 N–H and O–H groups in total. The molecule has 1 nitrogen and oxygen atoms in total. The second kappa shape index (κ2) is 5.33. The molecule has 0 unspecified atom stereocenters. The predicted molar refractivity (Wildman–Crippen MR) is 128 cm³/mol. The van der Waals surface area contributed by atoms with E-state index in [1.807, 2.05) is 11.3 Å². The van der Waals surface area contributed by atoms with E-state index in [4.69, 9.17) is 0 Å². The van der Waals surface area contributed by atoms with Gasteiger partial charge in [-0.25, -0.2) is 0 Å². The Labute approximate surface area is 178 Å². The van der Waals surface area contributed by atoms with E-state index in [9.17, 15) is 0 Å². The fraction of sp³-hybridized carbons (Fsp3) is 0.143. The number of hydrogen-bond acceptors (Lipinski definition) is 1. The highest BCUT2D eigenvalue weighted by atomic mass is 32.1. The molecule has 2 aromatic heterocycles. The number of fused-ring (bicyclic) bond motifs is 8. The lowest BCUT2D eigenvalue weighted by Gasteiger charge is -2.19. The van der Waals surface area contributed by atoms with Crippen molar-refractivity contribution in [1.82, 2.24) is 4.57 Å². The third-order valence-corrected chi connectivity index (χ3v) is 8.46. The molecule has 6 aromatic rings. The van der Waals surface area contributed by atoms with Gasteiger partial charge in [0.1, 0.15) is 0 Å². The van der Waals surface area contributed by atoms with E-state index in [-0.39, 0.29) is 0 Å². The minimum Gasteiger partial charge on any atom is -0.309 e. The highest BCUT2D eigenvalue weighted by Crippen LogP contribution is 2.43. The highest BCUT2D eigenvalue weighted by Gasteiger charge is 2.21. The van der Waals surface area contributed by atoms with Gasteiger partial charge in [-0.2, -0.15) is 0 Å². The summed E-state index contributed by atoms with van der Waals surface area (Å²) in [6.45, 7) is 0. The largest absolute Gasteiger partial charge is 0.309 e. The monoisotopic (exact) mass is 401 g/mol. The van der Waals surface area contributed by atoms with Crippen molar-refractivity contribution in [3.8, 4) is 5.69 Å². The second-order valence-corrected chi connectivity index (χ2v) is 9.98. The van der Waals surface area contributed by atoms with Crippen LogP contribution >= 0.6 is 11.3 Å². The molecule has 0 aliphatic heterocycles. The summed E-state index contributed by atoms with van der Waals surface area (Å²) in [6, 6.07) is 25.6. The molecule has 2 heterocycles. The number of aryl methyl sites for hydroxylation is 4. The minimum absolute atomic E-state index is 1.21. The molecular weight excluding hydrogens is 382 g/mol. The van der Waals surface area contributed by atoms with Crippen molar-refractivity contribution in [3.05, 3.63) is 89.0 Å². The first-order valence-electron chi connectivity index (χ1n) is 10.9. The second-order valence-electron chi connectivity index (χ2n) is 8.89. The fourth-order valence-electron chi connectivity index (χ4n) is 5.52. The number of para-hydroxylation sites is 1. The Kier molecular flexibility index (Phi) is 2.79. The van der Waals surface area contributed by atoms with Crippen molar-refractivity contribution in [2.45, 2.75) is 25.7 Å². The quantitative estimate of drug-likeness (QED) is 0.271. The van der Waals surface area contributed by atoms with Crippen LogP contribution in [0.15, 0.2) is 66.7 Å². The number of thiophene rings is 1. The summed E-state index contributed by atoms with van der Waals surface area (Å²) in [4.78, 5) is 0. The Hall–Kier alpha value is -3.10. The van der Waals surface area contributed by atoms with Gasteiger partial charge in [0, 0.05) is 36.6 Å². The fourth-order valence-corrected chi connectivity index (χ4v) is 6.69. The van der Waals surface area contributed by atoms with Gasteiger partial charge in [-0.05, 0) is 96.5 Å². The van der Waals surface area contributed by atoms with Gasteiger partial charge < -0.3 is 4.57 Å². The molecule has 0 radical (unpaired) electrons. The van der Waals surface area contributed by atoms with Crippen LogP contribution in [0.1, 0.15) is 22.3 Å². The van der Waals surface area contributed by atoms with Crippen molar-refractivity contribution in [3.63, 3.8) is 0 Å². The van der Waals surface area contributed by atoms with Crippen molar-refractivity contribution in [1.29, 1.82) is 0 Å². The average Bonchev–Trinajstić information content (AvgIpc) is 3.23. The van der Waals surface area contributed by atoms with E-state index in [1.54, 1.807) is 11.1 Å². The number of hydrogen-bond donors (Lipinski definition) is 0. The molecule has 30 heavy (non-hydrogen) atoms. The molecule has 2 aliphatic rings. The van der Waals surface area contributed by atoms with Gasteiger partial charge in [-0.1, -0.05) is 18.2 Å². The standard InChI is InChI=1S/C28H19NS/c1-2-4-20(5-3-1)29-25-12-18-8-6-16(18)10-21(25)22-14-24-23-11-17-7-9-19(17)13-27(23)30-28(24)15-26(22)29/h1-5,10-15H,6-9H2. The molecular formula is C28H19NS. The molecule has 0 saturated carbocycles. The van der Waals surface area contributed by atoms with Crippen LogP contribution in [0.4, 0.5) is 0 Å². The van der Waals surface area contributed by atoms with Gasteiger partial charge in [-0.15, -0.1) is 11.3 Å². The van der Waals surface area contributed by atoms with Crippen molar-refractivity contribution < 1.29 is 0 Å². The summed E-state index contributed by atoms with van der Waals surface area (Å²) >= 11 is 1.95. The van der Waals surface area contributed by atoms with Crippen molar-refractivity contribution in [2.75, 3.05) is 0 Å². The van der Waals surface area contributed by atoms with E-state index in [0.29, 0.717) is 0 Å². The van der Waals surface area contributed by atoms with Gasteiger partial charge in [0.05, 0.1) is 11.0 Å². The maximum atomic E-state index is 2.47. The average molecular weight is 402 g/mol. The molecule has 2 heteroatoms. The maximum Gasteiger partial charge on any atom is 0.0555 e. The number of nitrogens with zero attached hydrogens (tertiary/aromatic N) is 1. The molecule has 0 amide bonds. The topological polar surface area (TPSA) is 4.93 Å². The van der Waals surface area contributed by atoms with E-state index < -0.39 is 0 Å². The summed E-state index contributed by atoms with van der Waals surface area (Å²) in [5.41, 5.74) is 10.1. The first kappa shape index (κ1) is 15.7. The first-order chi connectivity index (χ1) is 14.8. The molecule has 0 saturated heterocycles. The van der Waals surface area contributed by atoms with Crippen LogP contribution < -0.4 is 0 Å². The summed E-state index contributed by atoms with van der Waals surface area (Å²) in [6.07, 6.45) is 4.92. The van der Waals surface area contributed by atoms with Crippen LogP contribution in [0.2, 0.25) is 0 Å². The predicted octanol–water partition coefficient (Wildman–Crippen LogP) is 7.35. The van der Waals surface area contributed by atoms with E-state index in [0.717, 1.165) is 0 Å². The summed E-state index contributed by atoms with van der Waals surface area (Å²) < 4.78 is 5.32. The molecule has 0 atom stereocenters. The van der Waals surface area contributed by atoms with Gasteiger partial charge >= 0.3 is 0 Å². The summed E-state index contributed by atoms with van der Waals surface area (Å²) in [5, 5.41) is 5.66. The van der Waals surface area contributed by atoms with Gasteiger partial charge in [-0.3, -0.25) is 0 Å². The van der Waals surface area contributed by atoms with Gasteiger partial charge in [0.25, 0.3) is 0 Å². The molecule has 4 aromatic carbocycles. The molecule has 8 rings (SSSR count). The Morgan fingerprint density at radius 1 is 0.533 bits per heavy atom. The van der Waals surface area contributed by atoms with Gasteiger partial charge in [0.15, 0.2) is 0 Å². The summed E-state index contributed by atoms with van der Waals surface area (Å²) in [7, 11) is 0. The van der Waals surface area contributed by atoms with Crippen LogP contribution in [0, 0.1) is 0 Å². The number of benzene rings is 4. The normalized spacial score (nSPS) is 14.8. The highest BCUT2D eigenvalue weighted by molar-refractivity contribution is 7.25. The van der Waals surface area contributed by atoms with Crippen molar-refractivity contribution >= 4 is 53.3 Å². The Morgan fingerprint density at radius 2 is 1.10 bits per heavy atom. The first-order valence-corrected chi connectivity index (χ1v) is 11.7. The Bertz CT molecular complexity index is 1680. The number of rotatable bonds is 1. The molecule has 0 spiro atoms. The van der Waals surface area contributed by atoms with Crippen LogP contribution in [-0.2, 0) is 25.7 Å². The lowest BCUT2D eigenvalue weighted by atomic mass is 9.87. The number of aromatic nitrogens is 1. The van der Waals surface area contributed by atoms with Crippen LogP contribution in [0.5, 0.6) is 0 Å². The van der Waals surface area contributed by atoms with E-state index >= 15 is 0 Å². The SMILES string of the molecule is c1ccc(-n2c3cc4c(cc3c3cc5c(cc32)sc2cc3c(cc25)CC3)CC4)cc1. The zero-order valence-corrected chi connectivity index (χ0v) is 17.4. The summed E-state index contributed by atoms with van der Waals surface area (Å²) in [5.74, 6) is 0. The third-order valence-electron chi connectivity index (χ3n) is 7.34. The maximum absolute atomic E-state index is 2.47. The lowest BCUT2D eigenvalue weighted by molar-refractivity contribution is 0.843. The van der Waals surface area contributed by atoms with Crippen LogP contribution in [0.25, 0.3) is 47.7 Å². The Morgan fingerprint density at radius 3 is 1.87 bits per heavy atom. The van der Waals surface area contributed by atoms with Gasteiger partial charge in [0.2, 0.25) is 0 Å². The Balaban J connectivity index is 1.56. The minimum atomic E-state index is 1.21. The van der Waals surface area contributed by atoms with Crippen LogP contribution in [-0.4, -0.2) is 4.57 Å². The molecule has 0 bridgehead atoms. The zero-order valence-electron chi connectivity index (χ0n) is 16.5. The third kappa shape index (κ3) is 1.88. The molecule has 0 fully saturated rings. The molecule has 142 valence electrons. The van der Waals surface area contributed by atoms with Crippen LogP contribution in [0.3, 0.4) is 0 Å². The smallest absolute Gasteiger partial charge is 0.0555 e. The van der Waals surface area contributed by atoms with Crippen molar-refractivity contribution in [2.24, 2.45) is 0 Å². The lowest BCUT2D eigenvalue weighted by Crippen LogP contribution is -2.07. The van der Waals surface area contributed by atoms with E-state index in [2.05, 4.69) is 71.3 Å². The molecule has 2 aliphatic carbocycles.